The lowest BCUT2D eigenvalue weighted by Crippen LogP contribution is -2.45. The summed E-state index contributed by atoms with van der Waals surface area (Å²) < 4.78 is 5.76. The second-order valence-corrected chi connectivity index (χ2v) is 4.91. The molecule has 1 aromatic carbocycles. The van der Waals surface area contributed by atoms with E-state index in [0.29, 0.717) is 24.2 Å². The molecular weight excluding hydrogens is 250 g/mol. The molecule has 0 amide bonds. The number of rotatable bonds is 5. The summed E-state index contributed by atoms with van der Waals surface area (Å²) in [5.41, 5.74) is -0.102. The molecule has 1 fully saturated rings. The van der Waals surface area contributed by atoms with Crippen LogP contribution in [-0.2, 0) is 4.79 Å². The molecule has 6 heteroatoms. The van der Waals surface area contributed by atoms with E-state index >= 15 is 0 Å². The summed E-state index contributed by atoms with van der Waals surface area (Å²) in [6, 6.07) is 4.49. The van der Waals surface area contributed by atoms with Crippen LogP contribution in [0.4, 0.5) is 5.69 Å². The number of hydrogen-bond acceptors (Lipinski definition) is 4. The Morgan fingerprint density at radius 2 is 2.21 bits per heavy atom. The van der Waals surface area contributed by atoms with Crippen molar-refractivity contribution in [3.05, 3.63) is 33.9 Å². The van der Waals surface area contributed by atoms with Crippen molar-refractivity contribution in [3.8, 4) is 5.75 Å². The Kier molecular flexibility index (Phi) is 3.42. The fraction of sp³-hybridized carbons (Fsp3) is 0.462. The number of nitro benzene ring substituents is 1. The third-order valence-corrected chi connectivity index (χ3v) is 3.44. The molecule has 0 heterocycles. The van der Waals surface area contributed by atoms with Crippen molar-refractivity contribution in [2.45, 2.75) is 38.2 Å². The molecule has 0 atom stereocenters. The number of aryl methyl sites for hydroxylation is 1. The maximum absolute atomic E-state index is 10.8. The lowest BCUT2D eigenvalue weighted by molar-refractivity contribution is -0.385. The van der Waals surface area contributed by atoms with Gasteiger partial charge in [0, 0.05) is 11.6 Å². The molecule has 0 bridgehead atoms. The Hall–Kier alpha value is -2.11. The van der Waals surface area contributed by atoms with Gasteiger partial charge in [0.1, 0.15) is 11.4 Å². The third-order valence-electron chi connectivity index (χ3n) is 3.44. The molecule has 2 rings (SSSR count). The fourth-order valence-corrected chi connectivity index (χ4v) is 2.31. The van der Waals surface area contributed by atoms with Gasteiger partial charge in [0.2, 0.25) is 0 Å². The molecule has 19 heavy (non-hydrogen) atoms. The van der Waals surface area contributed by atoms with Crippen molar-refractivity contribution < 1.29 is 19.6 Å². The highest BCUT2D eigenvalue weighted by atomic mass is 16.6. The van der Waals surface area contributed by atoms with Crippen molar-refractivity contribution in [3.63, 3.8) is 0 Å². The topological polar surface area (TPSA) is 89.7 Å². The van der Waals surface area contributed by atoms with Gasteiger partial charge in [-0.1, -0.05) is 0 Å². The molecule has 0 unspecified atom stereocenters. The molecule has 0 aliphatic heterocycles. The Morgan fingerprint density at radius 3 is 2.63 bits per heavy atom. The Balaban J connectivity index is 2.17. The number of aliphatic carboxylic acids is 1. The number of hydrogen-bond donors (Lipinski definition) is 1. The van der Waals surface area contributed by atoms with E-state index < -0.39 is 16.5 Å². The Bertz CT molecular complexity index is 522. The van der Waals surface area contributed by atoms with Gasteiger partial charge in [0.05, 0.1) is 11.3 Å². The predicted molar refractivity (Wildman–Crippen MR) is 67.3 cm³/mol. The number of carbonyl (C=O) groups is 1. The Morgan fingerprint density at radius 1 is 1.53 bits per heavy atom. The van der Waals surface area contributed by atoms with E-state index in [1.54, 1.807) is 13.0 Å². The molecule has 0 aromatic heterocycles. The molecular formula is C13H15NO5. The minimum atomic E-state index is -0.890. The first-order chi connectivity index (χ1) is 8.92. The van der Waals surface area contributed by atoms with Crippen LogP contribution in [0.15, 0.2) is 18.2 Å². The van der Waals surface area contributed by atoms with Crippen LogP contribution >= 0.6 is 0 Å². The van der Waals surface area contributed by atoms with Crippen LogP contribution in [0.1, 0.15) is 31.2 Å². The monoisotopic (exact) mass is 265 g/mol. The maximum Gasteiger partial charge on any atom is 0.307 e. The van der Waals surface area contributed by atoms with E-state index in [4.69, 9.17) is 9.84 Å². The summed E-state index contributed by atoms with van der Waals surface area (Å²) in [5, 5.41) is 19.6. The predicted octanol–water partition coefficient (Wildman–Crippen LogP) is 2.68. The van der Waals surface area contributed by atoms with Gasteiger partial charge in [-0.15, -0.1) is 0 Å². The minimum absolute atomic E-state index is 0.0354. The van der Waals surface area contributed by atoms with Gasteiger partial charge in [0.25, 0.3) is 5.69 Å². The molecule has 0 spiro atoms. The number of carboxylic acids is 1. The van der Waals surface area contributed by atoms with Gasteiger partial charge in [-0.25, -0.2) is 0 Å². The molecule has 0 saturated heterocycles. The molecule has 1 saturated carbocycles. The highest BCUT2D eigenvalue weighted by molar-refractivity contribution is 5.68. The second-order valence-electron chi connectivity index (χ2n) is 4.91. The van der Waals surface area contributed by atoms with Gasteiger partial charge in [-0.2, -0.15) is 0 Å². The number of nitro groups is 1. The van der Waals surface area contributed by atoms with E-state index in [-0.39, 0.29) is 12.1 Å². The average Bonchev–Trinajstić information content (AvgIpc) is 2.25. The van der Waals surface area contributed by atoms with Crippen molar-refractivity contribution in [2.24, 2.45) is 0 Å². The lowest BCUT2D eigenvalue weighted by atomic mass is 9.77. The number of carboxylic acid groups (broad SMARTS) is 1. The molecule has 1 aliphatic rings. The van der Waals surface area contributed by atoms with Crippen LogP contribution in [-0.4, -0.2) is 21.6 Å². The summed E-state index contributed by atoms with van der Waals surface area (Å²) in [4.78, 5) is 21.1. The summed E-state index contributed by atoms with van der Waals surface area (Å²) in [6.45, 7) is 1.63. The highest BCUT2D eigenvalue weighted by Gasteiger charge is 2.41. The summed E-state index contributed by atoms with van der Waals surface area (Å²) >= 11 is 0. The first-order valence-electron chi connectivity index (χ1n) is 6.08. The first kappa shape index (κ1) is 13.3. The Labute approximate surface area is 110 Å². The molecule has 0 radical (unpaired) electrons. The number of ether oxygens (including phenoxy) is 1. The molecule has 1 aromatic rings. The molecule has 1 aliphatic carbocycles. The van der Waals surface area contributed by atoms with Crippen LogP contribution in [0.5, 0.6) is 5.75 Å². The van der Waals surface area contributed by atoms with Gasteiger partial charge in [0.15, 0.2) is 0 Å². The van der Waals surface area contributed by atoms with Crippen molar-refractivity contribution in [2.75, 3.05) is 0 Å². The van der Waals surface area contributed by atoms with Gasteiger partial charge < -0.3 is 9.84 Å². The van der Waals surface area contributed by atoms with E-state index in [9.17, 15) is 14.9 Å². The summed E-state index contributed by atoms with van der Waals surface area (Å²) in [6.07, 6.45) is 2.31. The van der Waals surface area contributed by atoms with Crippen molar-refractivity contribution >= 4 is 11.7 Å². The number of benzene rings is 1. The van der Waals surface area contributed by atoms with E-state index in [1.807, 2.05) is 0 Å². The quantitative estimate of drug-likeness (QED) is 0.653. The van der Waals surface area contributed by atoms with Crippen molar-refractivity contribution in [1.82, 2.24) is 0 Å². The van der Waals surface area contributed by atoms with E-state index in [0.717, 1.165) is 6.42 Å². The minimum Gasteiger partial charge on any atom is -0.487 e. The lowest BCUT2D eigenvalue weighted by Gasteiger charge is -2.40. The van der Waals surface area contributed by atoms with Crippen molar-refractivity contribution in [1.29, 1.82) is 0 Å². The van der Waals surface area contributed by atoms with Crippen LogP contribution < -0.4 is 4.74 Å². The molecule has 102 valence electrons. The number of nitrogens with zero attached hydrogens (tertiary/aromatic N) is 1. The summed E-state index contributed by atoms with van der Waals surface area (Å²) in [7, 11) is 0. The van der Waals surface area contributed by atoms with Crippen LogP contribution in [0.2, 0.25) is 0 Å². The maximum atomic E-state index is 10.8. The average molecular weight is 265 g/mol. The van der Waals surface area contributed by atoms with Crippen LogP contribution in [0, 0.1) is 17.0 Å². The zero-order valence-corrected chi connectivity index (χ0v) is 10.6. The third kappa shape index (κ3) is 2.83. The molecule has 1 N–H and O–H groups in total. The SMILES string of the molecule is Cc1cc(OC2(CC(=O)O)CCC2)ccc1[N+](=O)[O-]. The van der Waals surface area contributed by atoms with Crippen LogP contribution in [0.25, 0.3) is 0 Å². The second kappa shape index (κ2) is 4.87. The summed E-state index contributed by atoms with van der Waals surface area (Å²) in [5.74, 6) is -0.401. The van der Waals surface area contributed by atoms with Gasteiger partial charge >= 0.3 is 5.97 Å². The van der Waals surface area contributed by atoms with Gasteiger partial charge in [-0.3, -0.25) is 14.9 Å². The van der Waals surface area contributed by atoms with E-state index in [2.05, 4.69) is 0 Å². The zero-order valence-electron chi connectivity index (χ0n) is 10.6. The smallest absolute Gasteiger partial charge is 0.307 e. The van der Waals surface area contributed by atoms with Crippen LogP contribution in [0.3, 0.4) is 0 Å². The molecule has 6 nitrogen and oxygen atoms in total. The first-order valence-corrected chi connectivity index (χ1v) is 6.08. The fourth-order valence-electron chi connectivity index (χ4n) is 2.31. The standard InChI is InChI=1S/C13H15NO5/c1-9-7-10(3-4-11(9)14(17)18)19-13(5-2-6-13)8-12(15)16/h3-4,7H,2,5-6,8H2,1H3,(H,15,16). The van der Waals surface area contributed by atoms with E-state index in [1.165, 1.54) is 12.1 Å². The zero-order chi connectivity index (χ0) is 14.0. The largest absolute Gasteiger partial charge is 0.487 e. The normalized spacial score (nSPS) is 16.5. The van der Waals surface area contributed by atoms with Gasteiger partial charge in [-0.05, 0) is 38.3 Å². The highest BCUT2D eigenvalue weighted by Crippen LogP contribution is 2.40.